The molecule has 0 unspecified atom stereocenters. The Morgan fingerprint density at radius 1 is 2.00 bits per heavy atom. The van der Waals surface area contributed by atoms with Crippen LogP contribution in [-0.2, 0) is 17.2 Å². The summed E-state index contributed by atoms with van der Waals surface area (Å²) in [6.45, 7) is 0. The van der Waals surface area contributed by atoms with Gasteiger partial charge in [0.15, 0.2) is 0 Å². The number of rotatable bonds is 0. The number of nitrogens with one attached hydrogen (secondary N) is 1. The molecule has 1 fully saturated rings. The van der Waals surface area contributed by atoms with E-state index in [0.29, 0.717) is 5.75 Å². The van der Waals surface area contributed by atoms with Gasteiger partial charge < -0.3 is 0 Å². The largest absolute Gasteiger partial charge is 0.441 e. The smallest absolute Gasteiger partial charge is 0.214 e. The van der Waals surface area contributed by atoms with Gasteiger partial charge in [-0.2, -0.15) is 0 Å². The monoisotopic (exact) mass is 135 g/mol. The zero-order chi connectivity index (χ0) is 5.28. The van der Waals surface area contributed by atoms with E-state index in [9.17, 15) is 4.79 Å². The van der Waals surface area contributed by atoms with Gasteiger partial charge >= 0.3 is 18.3 Å². The van der Waals surface area contributed by atoms with Gasteiger partial charge in [0.25, 0.3) is 0 Å². The number of hydrogen-bond acceptors (Lipinski definition) is 3. The molecule has 1 heterocycles. The molecule has 38 valence electrons. The average molecular weight is 135 g/mol. The van der Waals surface area contributed by atoms with Crippen LogP contribution >= 0.6 is 11.9 Å². The van der Waals surface area contributed by atoms with Gasteiger partial charge in [-0.25, -0.2) is 4.79 Å². The van der Waals surface area contributed by atoms with E-state index in [-0.39, 0.29) is 5.91 Å². The summed E-state index contributed by atoms with van der Waals surface area (Å²) in [7, 11) is 0. The first-order chi connectivity index (χ1) is 3.30. The van der Waals surface area contributed by atoms with Crippen LogP contribution in [0.5, 0.6) is 0 Å². The minimum absolute atomic E-state index is 0.0417. The van der Waals surface area contributed by atoms with Crippen LogP contribution in [0.4, 0.5) is 0 Å². The summed E-state index contributed by atoms with van der Waals surface area (Å²) in [5.74, 6) is 0.420. The van der Waals surface area contributed by atoms with Crippen molar-refractivity contribution in [1.29, 1.82) is 0 Å². The molecule has 0 aliphatic carbocycles. The maximum Gasteiger partial charge on any atom is 0.441 e. The number of hydrazine groups is 1. The molecule has 0 bridgehead atoms. The third-order valence-corrected chi connectivity index (χ3v) is 1.68. The lowest BCUT2D eigenvalue weighted by molar-refractivity contribution is -0.446. The molecular weight excluding hydrogens is 132 g/mol. The molecule has 1 saturated heterocycles. The predicted octanol–water partition coefficient (Wildman–Crippen LogP) is -0.578. The van der Waals surface area contributed by atoms with Crippen molar-refractivity contribution < 1.29 is 8.85 Å². The molecule has 5 heteroatoms. The second-order valence-corrected chi connectivity index (χ2v) is 2.19. The quantitative estimate of drug-likeness (QED) is 0.356. The van der Waals surface area contributed by atoms with Crippen molar-refractivity contribution in [2.45, 2.75) is 0 Å². The fourth-order valence-electron chi connectivity index (χ4n) is 0.262. The Hall–Kier alpha value is -0.160. The summed E-state index contributed by atoms with van der Waals surface area (Å²) in [6.07, 6.45) is 0. The molecule has 7 heavy (non-hydrogen) atoms. The van der Waals surface area contributed by atoms with Crippen LogP contribution in [-0.4, -0.2) is 15.7 Å². The lowest BCUT2D eigenvalue weighted by atomic mass is 10.8. The second-order valence-electron chi connectivity index (χ2n) is 1.07. The molecule has 0 aromatic heterocycles. The molecule has 0 saturated carbocycles. The molecule has 1 amide bonds. The van der Waals surface area contributed by atoms with Crippen molar-refractivity contribution in [2.24, 2.45) is 0 Å². The van der Waals surface area contributed by atoms with Gasteiger partial charge in [0.05, 0.1) is 0 Å². The van der Waals surface area contributed by atoms with Gasteiger partial charge in [-0.05, 0) is 0 Å². The summed E-state index contributed by atoms with van der Waals surface area (Å²) in [6, 6.07) is 0. The van der Waals surface area contributed by atoms with Crippen molar-refractivity contribution in [2.75, 3.05) is 5.75 Å². The van der Waals surface area contributed by atoms with E-state index in [0.717, 1.165) is 4.05 Å². The highest BCUT2D eigenvalue weighted by Gasteiger charge is 2.25. The summed E-state index contributed by atoms with van der Waals surface area (Å²) in [5.41, 5.74) is 0. The molecule has 0 aromatic rings. The molecule has 1 rings (SSSR count). The van der Waals surface area contributed by atoms with Crippen molar-refractivity contribution in [3.63, 3.8) is 0 Å². The van der Waals surface area contributed by atoms with Gasteiger partial charge in [-0.1, -0.05) is 0 Å². The predicted molar refractivity (Wildman–Crippen MR) is 28.2 cm³/mol. The van der Waals surface area contributed by atoms with Crippen molar-refractivity contribution >= 4 is 30.3 Å². The molecule has 1 aliphatic heterocycles. The Morgan fingerprint density at radius 2 is 2.71 bits per heavy atom. The van der Waals surface area contributed by atoms with Gasteiger partial charge in [-0.15, -0.1) is 4.83 Å². The summed E-state index contributed by atoms with van der Waals surface area (Å²) >= 11 is 5.79. The molecule has 0 spiro atoms. The molecule has 0 radical (unpaired) electrons. The number of carbonyl (C=O) groups is 1. The number of nitrogens with zero attached hydrogens (tertiary/aromatic N) is 1. The third kappa shape index (κ3) is 0.889. The fourth-order valence-corrected chi connectivity index (χ4v) is 1.10. The van der Waals surface area contributed by atoms with E-state index in [2.05, 4.69) is 17.3 Å². The van der Waals surface area contributed by atoms with Crippen molar-refractivity contribution in [1.82, 2.24) is 4.83 Å². The zero-order valence-corrected chi connectivity index (χ0v) is 5.01. The molecule has 0 atom stereocenters. The normalized spacial score (nSPS) is 20.0. The first-order valence-corrected chi connectivity index (χ1v) is 3.03. The van der Waals surface area contributed by atoms with Crippen molar-refractivity contribution in [3.8, 4) is 0 Å². The van der Waals surface area contributed by atoms with Gasteiger partial charge in [0.1, 0.15) is 5.75 Å². The lowest BCUT2D eigenvalue weighted by Crippen LogP contribution is -2.17. The van der Waals surface area contributed by atoms with Gasteiger partial charge in [-0.3, -0.25) is 0 Å². The fraction of sp³-hybridized carbons (Fsp3) is 0.500. The van der Waals surface area contributed by atoms with Crippen LogP contribution in [0.15, 0.2) is 0 Å². The van der Waals surface area contributed by atoms with E-state index in [1.165, 1.54) is 11.9 Å². The molecule has 1 N–H and O–H groups in total. The highest BCUT2D eigenvalue weighted by molar-refractivity contribution is 7.98. The maximum atomic E-state index is 10.3. The molecule has 1 aliphatic rings. The Morgan fingerprint density at radius 3 is 2.86 bits per heavy atom. The van der Waals surface area contributed by atoms with Gasteiger partial charge in [0.2, 0.25) is 0 Å². The highest BCUT2D eigenvalue weighted by atomic mass is 32.2. The molecule has 0 aromatic carbocycles. The summed E-state index contributed by atoms with van der Waals surface area (Å²) in [5, 5.41) is 0. The topological polar surface area (TPSA) is 32.1 Å². The number of carbonyl (C=O) groups excluding carboxylic acids is 1. The van der Waals surface area contributed by atoms with E-state index < -0.39 is 0 Å². The van der Waals surface area contributed by atoms with Crippen LogP contribution in [0.2, 0.25) is 0 Å². The van der Waals surface area contributed by atoms with Gasteiger partial charge in [0, 0.05) is 16.0 Å². The van der Waals surface area contributed by atoms with E-state index in [1.54, 1.807) is 0 Å². The van der Waals surface area contributed by atoms with Crippen LogP contribution in [0.3, 0.4) is 0 Å². The number of amides is 1. The van der Waals surface area contributed by atoms with E-state index >= 15 is 0 Å². The highest BCUT2D eigenvalue weighted by Crippen LogP contribution is 2.00. The van der Waals surface area contributed by atoms with Crippen LogP contribution < -0.4 is 4.83 Å². The van der Waals surface area contributed by atoms with Crippen molar-refractivity contribution in [3.05, 3.63) is 0 Å². The van der Waals surface area contributed by atoms with E-state index in [1.807, 2.05) is 0 Å². The lowest BCUT2D eigenvalue weighted by Gasteiger charge is -1.72. The standard InChI is InChI=1S/C2H3N2OS2/c5-2-1-7-3-4(2)6/h1H2,(H,3,6)/q+1. The number of hydrogen-bond donors (Lipinski definition) is 1. The Bertz CT molecular complexity index is 109. The third-order valence-electron chi connectivity index (χ3n) is 0.570. The zero-order valence-electron chi connectivity index (χ0n) is 3.38. The minimum Gasteiger partial charge on any atom is -0.214 e. The van der Waals surface area contributed by atoms with E-state index in [4.69, 9.17) is 0 Å². The SMILES string of the molecule is O=C1CSN[N+]1=S. The molecular formula is C2H3N2OS2+. The van der Waals surface area contributed by atoms with Crippen LogP contribution in [0.25, 0.3) is 0 Å². The summed E-state index contributed by atoms with van der Waals surface area (Å²) in [4.78, 5) is 12.9. The molecule has 3 nitrogen and oxygen atoms in total. The Balaban J connectivity index is 2.65. The minimum atomic E-state index is -0.0417. The Kier molecular flexibility index (Phi) is 1.25. The first-order valence-electron chi connectivity index (χ1n) is 1.68. The second kappa shape index (κ2) is 1.75. The van der Waals surface area contributed by atoms with Crippen LogP contribution in [0, 0.1) is 0 Å². The first kappa shape index (κ1) is 4.99. The van der Waals surface area contributed by atoms with Crippen LogP contribution in [0.1, 0.15) is 0 Å². The average Bonchev–Trinajstić information content (AvgIpc) is 1.91. The maximum absolute atomic E-state index is 10.3. The summed E-state index contributed by atoms with van der Waals surface area (Å²) < 4.78 is 1.06. The Labute approximate surface area is 50.3 Å².